The van der Waals surface area contributed by atoms with Gasteiger partial charge in [-0.3, -0.25) is 4.79 Å². The summed E-state index contributed by atoms with van der Waals surface area (Å²) < 4.78 is 0. The Morgan fingerprint density at radius 3 is 2.57 bits per heavy atom. The van der Waals surface area contributed by atoms with E-state index < -0.39 is 17.9 Å². The number of hydrogen-bond donors (Lipinski definition) is 2. The van der Waals surface area contributed by atoms with Gasteiger partial charge in [-0.1, -0.05) is 43.6 Å². The van der Waals surface area contributed by atoms with Crippen molar-refractivity contribution in [1.82, 2.24) is 10.3 Å². The number of pyridine rings is 1. The normalized spacial score (nSPS) is 12.4. The Bertz CT molecular complexity index is 700. The summed E-state index contributed by atoms with van der Waals surface area (Å²) >= 11 is 6.13. The van der Waals surface area contributed by atoms with E-state index in [4.69, 9.17) is 16.7 Å². The third kappa shape index (κ3) is 3.31. The number of carboxylic acid groups (broad SMARTS) is 1. The van der Waals surface area contributed by atoms with Gasteiger partial charge in [0.15, 0.2) is 0 Å². The van der Waals surface area contributed by atoms with Crippen LogP contribution < -0.4 is 5.32 Å². The minimum absolute atomic E-state index is 0.102. The highest BCUT2D eigenvalue weighted by molar-refractivity contribution is 6.35. The summed E-state index contributed by atoms with van der Waals surface area (Å²) in [5.41, 5.74) is 0.692. The summed E-state index contributed by atoms with van der Waals surface area (Å²) in [5.74, 6) is -1.86. The number of amides is 1. The zero-order valence-electron chi connectivity index (χ0n) is 11.6. The molecular formula is C15H15ClN2O3. The van der Waals surface area contributed by atoms with E-state index in [0.29, 0.717) is 10.5 Å². The van der Waals surface area contributed by atoms with E-state index in [9.17, 15) is 9.59 Å². The molecule has 1 atom stereocenters. The third-order valence-corrected chi connectivity index (χ3v) is 3.43. The van der Waals surface area contributed by atoms with Gasteiger partial charge < -0.3 is 10.4 Å². The topological polar surface area (TPSA) is 79.3 Å². The van der Waals surface area contributed by atoms with Gasteiger partial charge in [0.2, 0.25) is 0 Å². The van der Waals surface area contributed by atoms with Crippen molar-refractivity contribution in [3.8, 4) is 0 Å². The number of carboxylic acids is 1. The van der Waals surface area contributed by atoms with Crippen molar-refractivity contribution >= 4 is 34.4 Å². The number of nitrogens with zero attached hydrogens (tertiary/aromatic N) is 1. The summed E-state index contributed by atoms with van der Waals surface area (Å²) in [5, 5.41) is 12.7. The van der Waals surface area contributed by atoms with E-state index in [1.807, 2.05) is 6.07 Å². The standard InChI is InChI=1S/C15H15ClN2O3/c1-8(2)13(15(20)21)18-14(19)12-7-10(16)9-5-3-4-6-11(9)17-12/h3-8,13H,1-2H3,(H,18,19)(H,20,21)/t13-/m0/s1. The van der Waals surface area contributed by atoms with E-state index in [1.165, 1.54) is 6.07 Å². The first-order valence-corrected chi connectivity index (χ1v) is 6.87. The van der Waals surface area contributed by atoms with E-state index in [0.717, 1.165) is 5.39 Å². The largest absolute Gasteiger partial charge is 0.480 e. The predicted molar refractivity (Wildman–Crippen MR) is 80.5 cm³/mol. The van der Waals surface area contributed by atoms with Crippen molar-refractivity contribution in [3.05, 3.63) is 41.0 Å². The average Bonchev–Trinajstić information content (AvgIpc) is 2.43. The van der Waals surface area contributed by atoms with Crippen LogP contribution in [0.4, 0.5) is 0 Å². The first-order valence-electron chi connectivity index (χ1n) is 6.49. The van der Waals surface area contributed by atoms with Crippen LogP contribution in [0.5, 0.6) is 0 Å². The van der Waals surface area contributed by atoms with Gasteiger partial charge in [-0.05, 0) is 18.1 Å². The van der Waals surface area contributed by atoms with Crippen LogP contribution in [0.25, 0.3) is 10.9 Å². The molecule has 0 bridgehead atoms. The number of carbonyl (C=O) groups is 2. The molecule has 0 aliphatic rings. The highest BCUT2D eigenvalue weighted by atomic mass is 35.5. The van der Waals surface area contributed by atoms with E-state index in [2.05, 4.69) is 10.3 Å². The van der Waals surface area contributed by atoms with Crippen LogP contribution in [0, 0.1) is 5.92 Å². The summed E-state index contributed by atoms with van der Waals surface area (Å²) in [7, 11) is 0. The number of hydrogen-bond acceptors (Lipinski definition) is 3. The Kier molecular flexibility index (Phi) is 4.43. The maximum Gasteiger partial charge on any atom is 0.326 e. The van der Waals surface area contributed by atoms with Crippen molar-refractivity contribution in [3.63, 3.8) is 0 Å². The minimum atomic E-state index is -1.08. The highest BCUT2D eigenvalue weighted by Gasteiger charge is 2.24. The first-order chi connectivity index (χ1) is 9.90. The van der Waals surface area contributed by atoms with Crippen LogP contribution in [0.2, 0.25) is 5.02 Å². The maximum atomic E-state index is 12.2. The van der Waals surface area contributed by atoms with E-state index in [-0.39, 0.29) is 11.6 Å². The quantitative estimate of drug-likeness (QED) is 0.910. The fraction of sp³-hybridized carbons (Fsp3) is 0.267. The molecule has 1 aromatic heterocycles. The van der Waals surface area contributed by atoms with Gasteiger partial charge in [-0.15, -0.1) is 0 Å². The van der Waals surface area contributed by atoms with Gasteiger partial charge >= 0.3 is 5.97 Å². The number of carbonyl (C=O) groups excluding carboxylic acids is 1. The molecule has 1 heterocycles. The molecule has 1 aromatic carbocycles. The van der Waals surface area contributed by atoms with Gasteiger partial charge in [0, 0.05) is 5.39 Å². The molecule has 1 amide bonds. The third-order valence-electron chi connectivity index (χ3n) is 3.12. The number of benzene rings is 1. The van der Waals surface area contributed by atoms with Gasteiger partial charge in [0.05, 0.1) is 10.5 Å². The van der Waals surface area contributed by atoms with Gasteiger partial charge in [-0.25, -0.2) is 9.78 Å². The van der Waals surface area contributed by atoms with Crippen molar-refractivity contribution in [2.75, 3.05) is 0 Å². The maximum absolute atomic E-state index is 12.2. The smallest absolute Gasteiger partial charge is 0.326 e. The minimum Gasteiger partial charge on any atom is -0.480 e. The van der Waals surface area contributed by atoms with Crippen LogP contribution >= 0.6 is 11.6 Å². The lowest BCUT2D eigenvalue weighted by Crippen LogP contribution is -2.44. The number of fused-ring (bicyclic) bond motifs is 1. The number of nitrogens with one attached hydrogen (secondary N) is 1. The molecule has 5 nitrogen and oxygen atoms in total. The van der Waals surface area contributed by atoms with Crippen LogP contribution in [-0.4, -0.2) is 28.0 Å². The number of para-hydroxylation sites is 1. The van der Waals surface area contributed by atoms with Gasteiger partial charge in [0.25, 0.3) is 5.91 Å². The molecule has 2 N–H and O–H groups in total. The van der Waals surface area contributed by atoms with E-state index >= 15 is 0 Å². The highest BCUT2D eigenvalue weighted by Crippen LogP contribution is 2.22. The second kappa shape index (κ2) is 6.10. The monoisotopic (exact) mass is 306 g/mol. The molecule has 2 rings (SSSR count). The molecule has 0 aliphatic carbocycles. The summed E-state index contributed by atoms with van der Waals surface area (Å²) in [6, 6.07) is 7.65. The molecule has 6 heteroatoms. The Labute approximate surface area is 126 Å². The molecule has 0 spiro atoms. The first kappa shape index (κ1) is 15.3. The van der Waals surface area contributed by atoms with Crippen molar-refractivity contribution in [2.24, 2.45) is 5.92 Å². The number of aliphatic carboxylic acids is 1. The Morgan fingerprint density at radius 1 is 1.29 bits per heavy atom. The molecule has 21 heavy (non-hydrogen) atoms. The predicted octanol–water partition coefficient (Wildman–Crippen LogP) is 2.73. The molecule has 0 saturated carbocycles. The zero-order valence-corrected chi connectivity index (χ0v) is 12.4. The number of aromatic nitrogens is 1. The molecule has 0 aliphatic heterocycles. The lowest BCUT2D eigenvalue weighted by molar-refractivity contribution is -0.140. The SMILES string of the molecule is CC(C)[C@H](NC(=O)c1cc(Cl)c2ccccc2n1)C(=O)O. The number of rotatable bonds is 4. The Hall–Kier alpha value is -2.14. The Morgan fingerprint density at radius 2 is 1.95 bits per heavy atom. The second-order valence-electron chi connectivity index (χ2n) is 5.04. The lowest BCUT2D eigenvalue weighted by Gasteiger charge is -2.17. The van der Waals surface area contributed by atoms with Gasteiger partial charge in [0.1, 0.15) is 11.7 Å². The van der Waals surface area contributed by atoms with Crippen LogP contribution in [0.1, 0.15) is 24.3 Å². The van der Waals surface area contributed by atoms with Crippen LogP contribution in [0.15, 0.2) is 30.3 Å². The zero-order chi connectivity index (χ0) is 15.6. The van der Waals surface area contributed by atoms with Crippen LogP contribution in [0.3, 0.4) is 0 Å². The molecule has 0 unspecified atom stereocenters. The van der Waals surface area contributed by atoms with Gasteiger partial charge in [-0.2, -0.15) is 0 Å². The molecular weight excluding hydrogens is 292 g/mol. The lowest BCUT2D eigenvalue weighted by atomic mass is 10.0. The summed E-state index contributed by atoms with van der Waals surface area (Å²) in [6.45, 7) is 3.44. The molecule has 0 radical (unpaired) electrons. The Balaban J connectivity index is 2.33. The molecule has 0 saturated heterocycles. The van der Waals surface area contributed by atoms with Crippen molar-refractivity contribution < 1.29 is 14.7 Å². The molecule has 0 fully saturated rings. The molecule has 110 valence electrons. The number of halogens is 1. The summed E-state index contributed by atoms with van der Waals surface area (Å²) in [6.07, 6.45) is 0. The fourth-order valence-electron chi connectivity index (χ4n) is 1.98. The second-order valence-corrected chi connectivity index (χ2v) is 5.45. The van der Waals surface area contributed by atoms with Crippen molar-refractivity contribution in [2.45, 2.75) is 19.9 Å². The summed E-state index contributed by atoms with van der Waals surface area (Å²) in [4.78, 5) is 27.5. The van der Waals surface area contributed by atoms with Crippen LogP contribution in [-0.2, 0) is 4.79 Å². The van der Waals surface area contributed by atoms with E-state index in [1.54, 1.807) is 32.0 Å². The average molecular weight is 307 g/mol. The van der Waals surface area contributed by atoms with Crippen molar-refractivity contribution in [1.29, 1.82) is 0 Å². The fourth-order valence-corrected chi connectivity index (χ4v) is 2.24. The molecule has 2 aromatic rings.